The Balaban J connectivity index is 2.87. The Morgan fingerprint density at radius 3 is 2.68 bits per heavy atom. The van der Waals surface area contributed by atoms with E-state index in [9.17, 15) is 9.18 Å². The van der Waals surface area contributed by atoms with Gasteiger partial charge < -0.3 is 10.4 Å². The van der Waals surface area contributed by atoms with E-state index in [0.717, 1.165) is 0 Å². The van der Waals surface area contributed by atoms with Crippen LogP contribution in [0.2, 0.25) is 0 Å². The van der Waals surface area contributed by atoms with E-state index in [-0.39, 0.29) is 28.2 Å². The predicted octanol–water partition coefficient (Wildman–Crippen LogP) is 3.23. The van der Waals surface area contributed by atoms with Gasteiger partial charge in [-0.2, -0.15) is 5.26 Å². The largest absolute Gasteiger partial charge is 0.481 e. The first-order chi connectivity index (χ1) is 8.88. The lowest BCUT2D eigenvalue weighted by Crippen LogP contribution is -2.27. The van der Waals surface area contributed by atoms with Gasteiger partial charge in [0.15, 0.2) is 5.82 Å². The van der Waals surface area contributed by atoms with Crippen LogP contribution in [0.4, 0.5) is 10.1 Å². The summed E-state index contributed by atoms with van der Waals surface area (Å²) in [7, 11) is 0. The third kappa shape index (κ3) is 3.67. The molecule has 1 unspecified atom stereocenters. The highest BCUT2D eigenvalue weighted by Crippen LogP contribution is 2.27. The fourth-order valence-corrected chi connectivity index (χ4v) is 2.03. The molecule has 0 aromatic heterocycles. The molecule has 0 aliphatic carbocycles. The molecule has 1 rings (SSSR count). The number of rotatable bonds is 5. The number of aliphatic carboxylic acids is 1. The zero-order valence-electron chi connectivity index (χ0n) is 10.6. The minimum atomic E-state index is -0.921. The molecule has 0 aliphatic heterocycles. The van der Waals surface area contributed by atoms with Crippen LogP contribution in [0.25, 0.3) is 0 Å². The molecule has 0 saturated heterocycles. The van der Waals surface area contributed by atoms with E-state index >= 15 is 0 Å². The number of benzene rings is 1. The second kappa shape index (κ2) is 6.53. The molecule has 4 nitrogen and oxygen atoms in total. The molecule has 6 heteroatoms. The average molecular weight is 329 g/mol. The second-order valence-electron chi connectivity index (χ2n) is 4.47. The maximum absolute atomic E-state index is 13.9. The standard InChI is InChI=1S/C13H14BrFN2O2/c1-7(2)9(13(18)19)6-17-10-4-3-8(5-16)11(14)12(10)15/h3-4,7,9,17H,6H2,1-2H3,(H,18,19). The first kappa shape index (κ1) is 15.4. The van der Waals surface area contributed by atoms with Gasteiger partial charge in [-0.1, -0.05) is 13.8 Å². The van der Waals surface area contributed by atoms with Gasteiger partial charge in [0.2, 0.25) is 0 Å². The molecular weight excluding hydrogens is 315 g/mol. The summed E-state index contributed by atoms with van der Waals surface area (Å²) in [5.74, 6) is -2.17. The number of nitrogens with one attached hydrogen (secondary N) is 1. The predicted molar refractivity (Wildman–Crippen MR) is 73.3 cm³/mol. The van der Waals surface area contributed by atoms with Crippen molar-refractivity contribution in [1.82, 2.24) is 0 Å². The molecule has 19 heavy (non-hydrogen) atoms. The van der Waals surface area contributed by atoms with E-state index in [0.29, 0.717) is 0 Å². The van der Waals surface area contributed by atoms with Gasteiger partial charge in [-0.25, -0.2) is 4.39 Å². The van der Waals surface area contributed by atoms with Gasteiger partial charge in [-0.15, -0.1) is 0 Å². The molecule has 102 valence electrons. The van der Waals surface area contributed by atoms with Crippen LogP contribution >= 0.6 is 15.9 Å². The van der Waals surface area contributed by atoms with Crippen LogP contribution in [0.1, 0.15) is 19.4 Å². The maximum Gasteiger partial charge on any atom is 0.308 e. The van der Waals surface area contributed by atoms with Crippen LogP contribution in [0.15, 0.2) is 16.6 Å². The number of hydrogen-bond acceptors (Lipinski definition) is 3. The van der Waals surface area contributed by atoms with Crippen molar-refractivity contribution in [1.29, 1.82) is 5.26 Å². The van der Waals surface area contributed by atoms with E-state index in [1.807, 2.05) is 6.07 Å². The monoisotopic (exact) mass is 328 g/mol. The SMILES string of the molecule is CC(C)C(CNc1ccc(C#N)c(Br)c1F)C(=O)O. The van der Waals surface area contributed by atoms with Gasteiger partial charge in [-0.05, 0) is 34.0 Å². The highest BCUT2D eigenvalue weighted by Gasteiger charge is 2.22. The van der Waals surface area contributed by atoms with Crippen molar-refractivity contribution in [3.05, 3.63) is 28.0 Å². The molecule has 2 N–H and O–H groups in total. The van der Waals surface area contributed by atoms with E-state index in [1.54, 1.807) is 13.8 Å². The molecule has 0 fully saturated rings. The molecule has 0 amide bonds. The van der Waals surface area contributed by atoms with Crippen LogP contribution in [-0.4, -0.2) is 17.6 Å². The molecule has 0 aliphatic rings. The first-order valence-electron chi connectivity index (χ1n) is 5.73. The average Bonchev–Trinajstić information content (AvgIpc) is 2.34. The minimum Gasteiger partial charge on any atom is -0.481 e. The topological polar surface area (TPSA) is 73.1 Å². The van der Waals surface area contributed by atoms with Crippen molar-refractivity contribution in [3.8, 4) is 6.07 Å². The fourth-order valence-electron chi connectivity index (χ4n) is 1.60. The second-order valence-corrected chi connectivity index (χ2v) is 5.26. The number of hydrogen-bond donors (Lipinski definition) is 2. The third-order valence-corrected chi connectivity index (χ3v) is 3.61. The lowest BCUT2D eigenvalue weighted by atomic mass is 9.96. The van der Waals surface area contributed by atoms with E-state index < -0.39 is 17.7 Å². The molecule has 0 spiro atoms. The normalized spacial score (nSPS) is 12.0. The molecule has 0 heterocycles. The Hall–Kier alpha value is -1.61. The molecule has 1 atom stereocenters. The summed E-state index contributed by atoms with van der Waals surface area (Å²) in [5, 5.41) is 20.6. The highest BCUT2D eigenvalue weighted by atomic mass is 79.9. The summed E-state index contributed by atoms with van der Waals surface area (Å²) < 4.78 is 14.0. The summed E-state index contributed by atoms with van der Waals surface area (Å²) in [4.78, 5) is 11.0. The fraction of sp³-hybridized carbons (Fsp3) is 0.385. The van der Waals surface area contributed by atoms with Gasteiger partial charge in [0.1, 0.15) is 6.07 Å². The Labute approximate surface area is 119 Å². The summed E-state index contributed by atoms with van der Waals surface area (Å²) in [6.07, 6.45) is 0. The van der Waals surface area contributed by atoms with Crippen molar-refractivity contribution in [2.75, 3.05) is 11.9 Å². The third-order valence-electron chi connectivity index (χ3n) is 2.84. The summed E-state index contributed by atoms with van der Waals surface area (Å²) >= 11 is 3.00. The molecule has 1 aromatic carbocycles. The Morgan fingerprint density at radius 2 is 2.21 bits per heavy atom. The van der Waals surface area contributed by atoms with Crippen molar-refractivity contribution in [2.45, 2.75) is 13.8 Å². The highest BCUT2D eigenvalue weighted by molar-refractivity contribution is 9.10. The lowest BCUT2D eigenvalue weighted by molar-refractivity contribution is -0.142. The van der Waals surface area contributed by atoms with Crippen LogP contribution in [0.3, 0.4) is 0 Å². The van der Waals surface area contributed by atoms with Crippen molar-refractivity contribution in [3.63, 3.8) is 0 Å². The van der Waals surface area contributed by atoms with Crippen LogP contribution in [0, 0.1) is 29.0 Å². The van der Waals surface area contributed by atoms with E-state index in [2.05, 4.69) is 21.2 Å². The van der Waals surface area contributed by atoms with Crippen molar-refractivity contribution < 1.29 is 14.3 Å². The number of anilines is 1. The Bertz CT molecular complexity index is 526. The Morgan fingerprint density at radius 1 is 1.58 bits per heavy atom. The number of carboxylic acids is 1. The smallest absolute Gasteiger partial charge is 0.308 e. The first-order valence-corrected chi connectivity index (χ1v) is 6.52. The van der Waals surface area contributed by atoms with Crippen LogP contribution in [-0.2, 0) is 4.79 Å². The van der Waals surface area contributed by atoms with E-state index in [4.69, 9.17) is 10.4 Å². The number of halogens is 2. The number of nitrogens with zero attached hydrogens (tertiary/aromatic N) is 1. The number of nitriles is 1. The van der Waals surface area contributed by atoms with Gasteiger partial charge in [-0.3, -0.25) is 4.79 Å². The molecule has 0 bridgehead atoms. The maximum atomic E-state index is 13.9. The number of carbonyl (C=O) groups is 1. The van der Waals surface area contributed by atoms with Gasteiger partial charge in [0.25, 0.3) is 0 Å². The van der Waals surface area contributed by atoms with Gasteiger partial charge >= 0.3 is 5.97 Å². The Kier molecular flexibility index (Phi) is 5.31. The zero-order chi connectivity index (χ0) is 14.6. The summed E-state index contributed by atoms with van der Waals surface area (Å²) in [5.41, 5.74) is 0.375. The summed E-state index contributed by atoms with van der Waals surface area (Å²) in [6.45, 7) is 3.72. The van der Waals surface area contributed by atoms with Gasteiger partial charge in [0, 0.05) is 6.54 Å². The minimum absolute atomic E-state index is 0.0603. The molecular formula is C13H14BrFN2O2. The quantitative estimate of drug-likeness (QED) is 0.870. The van der Waals surface area contributed by atoms with Crippen molar-refractivity contribution in [2.24, 2.45) is 11.8 Å². The molecule has 1 aromatic rings. The lowest BCUT2D eigenvalue weighted by Gasteiger charge is -2.18. The van der Waals surface area contributed by atoms with E-state index in [1.165, 1.54) is 12.1 Å². The molecule has 0 saturated carbocycles. The van der Waals surface area contributed by atoms with Crippen LogP contribution in [0.5, 0.6) is 0 Å². The zero-order valence-corrected chi connectivity index (χ0v) is 12.2. The summed E-state index contributed by atoms with van der Waals surface area (Å²) in [6, 6.07) is 4.76. The van der Waals surface area contributed by atoms with Crippen molar-refractivity contribution >= 4 is 27.6 Å². The molecule has 0 radical (unpaired) electrons. The van der Waals surface area contributed by atoms with Crippen LogP contribution < -0.4 is 5.32 Å². The van der Waals surface area contributed by atoms with Gasteiger partial charge in [0.05, 0.1) is 21.6 Å². The number of carboxylic acid groups (broad SMARTS) is 1.